The Balaban J connectivity index is 1.46. The van der Waals surface area contributed by atoms with Gasteiger partial charge in [0, 0.05) is 32.2 Å². The van der Waals surface area contributed by atoms with Gasteiger partial charge >= 0.3 is 0 Å². The van der Waals surface area contributed by atoms with Crippen molar-refractivity contribution in [2.45, 2.75) is 19.3 Å². The highest BCUT2D eigenvalue weighted by Gasteiger charge is 2.23. The molecule has 1 aromatic carbocycles. The van der Waals surface area contributed by atoms with Crippen molar-refractivity contribution in [2.75, 3.05) is 49.6 Å². The molecule has 1 saturated carbocycles. The number of aromatic nitrogens is 2. The zero-order valence-electron chi connectivity index (χ0n) is 16.1. The zero-order chi connectivity index (χ0) is 19.2. The van der Waals surface area contributed by atoms with E-state index in [1.807, 2.05) is 18.2 Å². The number of rotatable bonds is 8. The molecule has 1 amide bonds. The summed E-state index contributed by atoms with van der Waals surface area (Å²) in [5, 5.41) is 6.28. The van der Waals surface area contributed by atoms with Crippen molar-refractivity contribution < 1.29 is 9.53 Å². The standard InChI is InChI=1S/C21H27N5O2/c27-20(23-15-17-6-7-17)18-14-19(26-10-12-28-13-11-26)25-21(24-18)22-9-8-16-4-2-1-3-5-16/h1-5,14,17H,6-13,15H2,(H,23,27)(H,22,24,25). The van der Waals surface area contributed by atoms with Crippen LogP contribution in [0.4, 0.5) is 11.8 Å². The highest BCUT2D eigenvalue weighted by atomic mass is 16.5. The highest BCUT2D eigenvalue weighted by Crippen LogP contribution is 2.27. The number of ether oxygens (including phenoxy) is 1. The maximum atomic E-state index is 12.6. The molecule has 2 fully saturated rings. The molecule has 0 atom stereocenters. The third kappa shape index (κ3) is 5.19. The van der Waals surface area contributed by atoms with Gasteiger partial charge in [-0.05, 0) is 30.7 Å². The lowest BCUT2D eigenvalue weighted by atomic mass is 10.1. The lowest BCUT2D eigenvalue weighted by Gasteiger charge is -2.28. The van der Waals surface area contributed by atoms with E-state index in [-0.39, 0.29) is 5.91 Å². The van der Waals surface area contributed by atoms with Crippen molar-refractivity contribution in [1.29, 1.82) is 0 Å². The van der Waals surface area contributed by atoms with Crippen LogP contribution in [-0.2, 0) is 11.2 Å². The molecule has 1 aromatic heterocycles. The Morgan fingerprint density at radius 1 is 1.14 bits per heavy atom. The largest absolute Gasteiger partial charge is 0.378 e. The molecule has 0 radical (unpaired) electrons. The first-order valence-electron chi connectivity index (χ1n) is 10.1. The Labute approximate surface area is 165 Å². The van der Waals surface area contributed by atoms with E-state index in [0.29, 0.717) is 37.3 Å². The average Bonchev–Trinajstić information content (AvgIpc) is 3.58. The van der Waals surface area contributed by atoms with Crippen LogP contribution in [0.25, 0.3) is 0 Å². The monoisotopic (exact) mass is 381 g/mol. The molecule has 148 valence electrons. The van der Waals surface area contributed by atoms with Gasteiger partial charge < -0.3 is 20.3 Å². The van der Waals surface area contributed by atoms with Crippen molar-refractivity contribution in [3.8, 4) is 0 Å². The topological polar surface area (TPSA) is 79.4 Å². The molecular weight excluding hydrogens is 354 g/mol. The van der Waals surface area contributed by atoms with Crippen LogP contribution >= 0.6 is 0 Å². The number of anilines is 2. The molecule has 2 aromatic rings. The van der Waals surface area contributed by atoms with E-state index in [4.69, 9.17) is 4.74 Å². The van der Waals surface area contributed by atoms with Gasteiger partial charge in [-0.1, -0.05) is 30.3 Å². The number of carbonyl (C=O) groups excluding carboxylic acids is 1. The predicted octanol–water partition coefficient (Wildman–Crippen LogP) is 2.11. The molecule has 0 spiro atoms. The minimum absolute atomic E-state index is 0.130. The van der Waals surface area contributed by atoms with Crippen molar-refractivity contribution in [1.82, 2.24) is 15.3 Å². The van der Waals surface area contributed by atoms with E-state index >= 15 is 0 Å². The van der Waals surface area contributed by atoms with Crippen LogP contribution < -0.4 is 15.5 Å². The van der Waals surface area contributed by atoms with Gasteiger partial charge in [-0.2, -0.15) is 4.98 Å². The number of carbonyl (C=O) groups is 1. The first-order valence-corrected chi connectivity index (χ1v) is 10.1. The van der Waals surface area contributed by atoms with Gasteiger partial charge in [0.2, 0.25) is 5.95 Å². The quantitative estimate of drug-likeness (QED) is 0.729. The fourth-order valence-electron chi connectivity index (χ4n) is 3.20. The minimum Gasteiger partial charge on any atom is -0.378 e. The molecule has 2 heterocycles. The molecule has 0 bridgehead atoms. The summed E-state index contributed by atoms with van der Waals surface area (Å²) < 4.78 is 5.43. The number of hydrogen-bond acceptors (Lipinski definition) is 6. The summed E-state index contributed by atoms with van der Waals surface area (Å²) in [5.74, 6) is 1.77. The van der Waals surface area contributed by atoms with Gasteiger partial charge in [0.1, 0.15) is 11.5 Å². The molecule has 28 heavy (non-hydrogen) atoms. The summed E-state index contributed by atoms with van der Waals surface area (Å²) in [5.41, 5.74) is 1.67. The summed E-state index contributed by atoms with van der Waals surface area (Å²) in [7, 11) is 0. The summed E-state index contributed by atoms with van der Waals surface area (Å²) >= 11 is 0. The first kappa shape index (κ1) is 18.7. The summed E-state index contributed by atoms with van der Waals surface area (Å²) in [6, 6.07) is 12.1. The van der Waals surface area contributed by atoms with Crippen molar-refractivity contribution in [2.24, 2.45) is 5.92 Å². The smallest absolute Gasteiger partial charge is 0.270 e. The Morgan fingerprint density at radius 3 is 2.68 bits per heavy atom. The van der Waals surface area contributed by atoms with Crippen LogP contribution in [0, 0.1) is 5.92 Å². The predicted molar refractivity (Wildman–Crippen MR) is 109 cm³/mol. The maximum Gasteiger partial charge on any atom is 0.270 e. The SMILES string of the molecule is O=C(NCC1CC1)c1cc(N2CCOCC2)nc(NCCc2ccccc2)n1. The average molecular weight is 381 g/mol. The number of morpholine rings is 1. The van der Waals surface area contributed by atoms with Crippen LogP contribution in [0.1, 0.15) is 28.9 Å². The van der Waals surface area contributed by atoms with Crippen LogP contribution in [0.2, 0.25) is 0 Å². The lowest BCUT2D eigenvalue weighted by molar-refractivity contribution is 0.0946. The normalized spacial score (nSPS) is 16.6. The van der Waals surface area contributed by atoms with E-state index in [9.17, 15) is 4.79 Å². The Hall–Kier alpha value is -2.67. The van der Waals surface area contributed by atoms with Gasteiger partial charge in [0.25, 0.3) is 5.91 Å². The van der Waals surface area contributed by atoms with E-state index in [1.54, 1.807) is 6.07 Å². The second-order valence-corrected chi connectivity index (χ2v) is 7.35. The Bertz CT molecular complexity index is 789. The maximum absolute atomic E-state index is 12.6. The van der Waals surface area contributed by atoms with Crippen molar-refractivity contribution in [3.05, 3.63) is 47.7 Å². The summed E-state index contributed by atoms with van der Waals surface area (Å²) in [6.07, 6.45) is 3.28. The molecule has 2 aliphatic rings. The molecule has 1 aliphatic carbocycles. The molecular formula is C21H27N5O2. The molecule has 0 unspecified atom stereocenters. The first-order chi connectivity index (χ1) is 13.8. The second kappa shape index (κ2) is 9.01. The van der Waals surface area contributed by atoms with E-state index in [2.05, 4.69) is 37.6 Å². The van der Waals surface area contributed by atoms with Crippen molar-refractivity contribution in [3.63, 3.8) is 0 Å². The minimum atomic E-state index is -0.130. The van der Waals surface area contributed by atoms with Crippen molar-refractivity contribution >= 4 is 17.7 Å². The van der Waals surface area contributed by atoms with Crippen LogP contribution in [0.15, 0.2) is 36.4 Å². The van der Waals surface area contributed by atoms with E-state index < -0.39 is 0 Å². The zero-order valence-corrected chi connectivity index (χ0v) is 16.1. The molecule has 7 nitrogen and oxygen atoms in total. The molecule has 4 rings (SSSR count). The number of benzene rings is 1. The van der Waals surface area contributed by atoms with Gasteiger partial charge in [-0.25, -0.2) is 4.98 Å². The fourth-order valence-corrected chi connectivity index (χ4v) is 3.20. The second-order valence-electron chi connectivity index (χ2n) is 7.35. The third-order valence-corrected chi connectivity index (χ3v) is 5.07. The van der Waals surface area contributed by atoms with Gasteiger partial charge in [0.05, 0.1) is 13.2 Å². The Morgan fingerprint density at radius 2 is 1.93 bits per heavy atom. The molecule has 1 saturated heterocycles. The lowest BCUT2D eigenvalue weighted by Crippen LogP contribution is -2.37. The number of hydrogen-bond donors (Lipinski definition) is 2. The Kier molecular flexibility index (Phi) is 6.01. The van der Waals surface area contributed by atoms with E-state index in [1.165, 1.54) is 18.4 Å². The van der Waals surface area contributed by atoms with Crippen LogP contribution in [0.3, 0.4) is 0 Å². The van der Waals surface area contributed by atoms with Gasteiger partial charge in [-0.3, -0.25) is 4.79 Å². The highest BCUT2D eigenvalue weighted by molar-refractivity contribution is 5.93. The van der Waals surface area contributed by atoms with Gasteiger partial charge in [-0.15, -0.1) is 0 Å². The van der Waals surface area contributed by atoms with Crippen LogP contribution in [-0.4, -0.2) is 55.3 Å². The van der Waals surface area contributed by atoms with Gasteiger partial charge in [0.15, 0.2) is 0 Å². The third-order valence-electron chi connectivity index (χ3n) is 5.07. The fraction of sp³-hybridized carbons (Fsp3) is 0.476. The number of amides is 1. The van der Waals surface area contributed by atoms with E-state index in [0.717, 1.165) is 31.9 Å². The molecule has 2 N–H and O–H groups in total. The number of nitrogens with one attached hydrogen (secondary N) is 2. The summed E-state index contributed by atoms with van der Waals surface area (Å²) in [6.45, 7) is 4.31. The summed E-state index contributed by atoms with van der Waals surface area (Å²) in [4.78, 5) is 23.8. The molecule has 1 aliphatic heterocycles. The van der Waals surface area contributed by atoms with Crippen LogP contribution in [0.5, 0.6) is 0 Å². The molecule has 7 heteroatoms. The number of nitrogens with zero attached hydrogens (tertiary/aromatic N) is 3.